The highest BCUT2D eigenvalue weighted by atomic mass is 35.5. The summed E-state index contributed by atoms with van der Waals surface area (Å²) in [6.07, 6.45) is 0.827. The first-order chi connectivity index (χ1) is 14.0. The van der Waals surface area contributed by atoms with Crippen molar-refractivity contribution in [2.24, 2.45) is 0 Å². The number of carbonyl (C=O) groups is 1. The number of aromatic nitrogens is 2. The molecule has 1 N–H and O–H groups in total. The Bertz CT molecular complexity index is 1340. The average Bonchev–Trinajstić information content (AvgIpc) is 3.07. The van der Waals surface area contributed by atoms with Crippen molar-refractivity contribution in [1.82, 2.24) is 14.3 Å². The molecule has 0 atom stereocenters. The van der Waals surface area contributed by atoms with E-state index in [4.69, 9.17) is 23.8 Å². The number of para-hydroxylation sites is 1. The Balaban J connectivity index is 2.06. The smallest absolute Gasteiger partial charge is 0.262 e. The number of hydrogen-bond donors (Lipinski definition) is 1. The van der Waals surface area contributed by atoms with Gasteiger partial charge in [0.1, 0.15) is 12.2 Å². The summed E-state index contributed by atoms with van der Waals surface area (Å²) in [5.41, 5.74) is 2.04. The number of fused-ring (bicyclic) bond motifs is 3. The van der Waals surface area contributed by atoms with Crippen molar-refractivity contribution in [3.8, 4) is 10.4 Å². The molecule has 0 unspecified atom stereocenters. The maximum atomic E-state index is 13.3. The number of nitrogens with zero attached hydrogens (tertiary/aromatic N) is 2. The SMILES string of the molecule is CCCNC(=O)Cn1c(=O)c2ccccc2n2c(=S)sc(-c3ccc(Cl)cc3)c12. The van der Waals surface area contributed by atoms with Crippen LogP contribution in [0.5, 0.6) is 0 Å². The Labute approximate surface area is 181 Å². The molecular weight excluding hydrogens is 426 g/mol. The van der Waals surface area contributed by atoms with E-state index in [-0.39, 0.29) is 18.0 Å². The summed E-state index contributed by atoms with van der Waals surface area (Å²) in [5, 5.41) is 4.00. The zero-order valence-corrected chi connectivity index (χ0v) is 18.0. The van der Waals surface area contributed by atoms with E-state index in [1.807, 2.05) is 41.7 Å². The quantitative estimate of drug-likeness (QED) is 0.447. The van der Waals surface area contributed by atoms with Gasteiger partial charge >= 0.3 is 0 Å². The minimum atomic E-state index is -0.213. The van der Waals surface area contributed by atoms with Crippen LogP contribution >= 0.6 is 35.2 Å². The van der Waals surface area contributed by atoms with Crippen molar-refractivity contribution in [2.75, 3.05) is 6.54 Å². The standard InChI is InChI=1S/C21H18ClN3O2S2/c1-2-11-23-17(26)12-24-19-18(13-7-9-14(22)10-8-13)29-21(28)25(19)16-6-4-3-5-15(16)20(24)27/h3-10H,2,11-12H2,1H3,(H,23,26). The molecule has 2 aromatic carbocycles. The number of rotatable bonds is 5. The fourth-order valence-corrected chi connectivity index (χ4v) is 4.87. The fraction of sp³-hybridized carbons (Fsp3) is 0.190. The van der Waals surface area contributed by atoms with Crippen LogP contribution in [0.2, 0.25) is 5.02 Å². The topological polar surface area (TPSA) is 55.5 Å². The molecule has 0 bridgehead atoms. The summed E-state index contributed by atoms with van der Waals surface area (Å²) in [7, 11) is 0. The highest BCUT2D eigenvalue weighted by Gasteiger charge is 2.19. The second-order valence-corrected chi connectivity index (χ2v) is 8.70. The molecule has 4 rings (SSSR count). The first-order valence-electron chi connectivity index (χ1n) is 9.21. The fourth-order valence-electron chi connectivity index (χ4n) is 3.31. The Hall–Kier alpha value is -2.48. The third-order valence-corrected chi connectivity index (χ3v) is 6.31. The summed E-state index contributed by atoms with van der Waals surface area (Å²) >= 11 is 13.1. The summed E-state index contributed by atoms with van der Waals surface area (Å²) in [4.78, 5) is 26.6. The molecular formula is C21H18ClN3O2S2. The molecule has 2 heterocycles. The highest BCUT2D eigenvalue weighted by molar-refractivity contribution is 7.73. The molecule has 0 fully saturated rings. The third kappa shape index (κ3) is 3.61. The summed E-state index contributed by atoms with van der Waals surface area (Å²) in [6.45, 7) is 2.48. The Morgan fingerprint density at radius 1 is 1.17 bits per heavy atom. The van der Waals surface area contributed by atoms with E-state index in [1.54, 1.807) is 18.2 Å². The predicted molar refractivity (Wildman–Crippen MR) is 122 cm³/mol. The molecule has 2 aromatic heterocycles. The first kappa shape index (κ1) is 19.8. The molecule has 0 aliphatic carbocycles. The van der Waals surface area contributed by atoms with Crippen molar-refractivity contribution in [1.29, 1.82) is 0 Å². The molecule has 148 valence electrons. The summed E-state index contributed by atoms with van der Waals surface area (Å²) in [6, 6.07) is 14.7. The molecule has 0 radical (unpaired) electrons. The van der Waals surface area contributed by atoms with Crippen LogP contribution in [-0.2, 0) is 11.3 Å². The van der Waals surface area contributed by atoms with E-state index >= 15 is 0 Å². The summed E-state index contributed by atoms with van der Waals surface area (Å²) in [5.74, 6) is -0.203. The second kappa shape index (κ2) is 8.10. The highest BCUT2D eigenvalue weighted by Crippen LogP contribution is 2.33. The second-order valence-electron chi connectivity index (χ2n) is 6.62. The van der Waals surface area contributed by atoms with Gasteiger partial charge in [-0.3, -0.25) is 18.6 Å². The largest absolute Gasteiger partial charge is 0.355 e. The van der Waals surface area contributed by atoms with Crippen LogP contribution in [0.25, 0.3) is 27.0 Å². The van der Waals surface area contributed by atoms with Crippen LogP contribution in [0.3, 0.4) is 0 Å². The van der Waals surface area contributed by atoms with Crippen LogP contribution in [-0.4, -0.2) is 21.4 Å². The third-order valence-electron chi connectivity index (χ3n) is 4.64. The molecule has 0 saturated heterocycles. The van der Waals surface area contributed by atoms with Crippen molar-refractivity contribution in [3.05, 3.63) is 67.9 Å². The van der Waals surface area contributed by atoms with E-state index in [2.05, 4.69) is 5.32 Å². The maximum Gasteiger partial charge on any atom is 0.262 e. The van der Waals surface area contributed by atoms with Gasteiger partial charge in [-0.25, -0.2) is 0 Å². The minimum Gasteiger partial charge on any atom is -0.355 e. The normalized spacial score (nSPS) is 11.2. The van der Waals surface area contributed by atoms with Gasteiger partial charge in [-0.2, -0.15) is 0 Å². The van der Waals surface area contributed by atoms with Crippen LogP contribution in [0.1, 0.15) is 13.3 Å². The molecule has 0 spiro atoms. The van der Waals surface area contributed by atoms with Gasteiger partial charge in [0.25, 0.3) is 5.56 Å². The number of halogens is 1. The van der Waals surface area contributed by atoms with Gasteiger partial charge in [0.2, 0.25) is 5.91 Å². The Morgan fingerprint density at radius 3 is 2.62 bits per heavy atom. The van der Waals surface area contributed by atoms with Crippen LogP contribution < -0.4 is 10.9 Å². The molecule has 1 amide bonds. The molecule has 8 heteroatoms. The number of thiazole rings is 1. The van der Waals surface area contributed by atoms with Crippen molar-refractivity contribution >= 4 is 57.6 Å². The molecule has 0 aliphatic rings. The van der Waals surface area contributed by atoms with Crippen molar-refractivity contribution in [3.63, 3.8) is 0 Å². The lowest BCUT2D eigenvalue weighted by molar-refractivity contribution is -0.121. The van der Waals surface area contributed by atoms with E-state index in [9.17, 15) is 9.59 Å². The van der Waals surface area contributed by atoms with E-state index in [1.165, 1.54) is 15.9 Å². The lowest BCUT2D eigenvalue weighted by Crippen LogP contribution is -2.33. The van der Waals surface area contributed by atoms with Crippen LogP contribution in [0.15, 0.2) is 53.3 Å². The van der Waals surface area contributed by atoms with Crippen LogP contribution in [0.4, 0.5) is 0 Å². The van der Waals surface area contributed by atoms with Crippen LogP contribution in [0, 0.1) is 3.95 Å². The van der Waals surface area contributed by atoms with E-state index < -0.39 is 0 Å². The lowest BCUT2D eigenvalue weighted by Gasteiger charge is -2.13. The molecule has 4 aromatic rings. The zero-order valence-electron chi connectivity index (χ0n) is 15.6. The number of carbonyl (C=O) groups excluding carboxylic acids is 1. The van der Waals surface area contributed by atoms with Gasteiger partial charge in [0.15, 0.2) is 3.95 Å². The molecule has 5 nitrogen and oxygen atoms in total. The molecule has 29 heavy (non-hydrogen) atoms. The predicted octanol–water partition coefficient (Wildman–Crippen LogP) is 4.89. The number of benzene rings is 2. The molecule has 0 saturated carbocycles. The Kier molecular flexibility index (Phi) is 5.54. The monoisotopic (exact) mass is 443 g/mol. The van der Waals surface area contributed by atoms with Gasteiger partial charge in [-0.1, -0.05) is 42.8 Å². The number of nitrogens with one attached hydrogen (secondary N) is 1. The van der Waals surface area contributed by atoms with Gasteiger partial charge in [-0.15, -0.1) is 11.3 Å². The first-order valence-corrected chi connectivity index (χ1v) is 10.8. The van der Waals surface area contributed by atoms with Crippen molar-refractivity contribution in [2.45, 2.75) is 19.9 Å². The van der Waals surface area contributed by atoms with Gasteiger partial charge in [0, 0.05) is 11.6 Å². The zero-order chi connectivity index (χ0) is 20.5. The minimum absolute atomic E-state index is 0.0702. The van der Waals surface area contributed by atoms with Crippen molar-refractivity contribution < 1.29 is 4.79 Å². The number of hydrogen-bond acceptors (Lipinski definition) is 4. The Morgan fingerprint density at radius 2 is 1.90 bits per heavy atom. The lowest BCUT2D eigenvalue weighted by atomic mass is 10.2. The van der Waals surface area contributed by atoms with Gasteiger partial charge in [-0.05, 0) is 48.5 Å². The van der Waals surface area contributed by atoms with Gasteiger partial charge in [0.05, 0.1) is 15.8 Å². The van der Waals surface area contributed by atoms with E-state index in [0.717, 1.165) is 22.4 Å². The average molecular weight is 444 g/mol. The van der Waals surface area contributed by atoms with Gasteiger partial charge < -0.3 is 5.32 Å². The number of amides is 1. The summed E-state index contributed by atoms with van der Waals surface area (Å²) < 4.78 is 4.01. The maximum absolute atomic E-state index is 13.3. The molecule has 0 aliphatic heterocycles. The van der Waals surface area contributed by atoms with E-state index in [0.29, 0.717) is 26.6 Å².